The molecule has 0 fully saturated rings. The van der Waals surface area contributed by atoms with Gasteiger partial charge in [0.2, 0.25) is 0 Å². The summed E-state index contributed by atoms with van der Waals surface area (Å²) >= 11 is 0. The third kappa shape index (κ3) is 3.28. The van der Waals surface area contributed by atoms with E-state index in [-0.39, 0.29) is 11.3 Å². The fraction of sp³-hybridized carbons (Fsp3) is 0.182. The van der Waals surface area contributed by atoms with E-state index in [1.54, 1.807) is 6.92 Å². The predicted molar refractivity (Wildman–Crippen MR) is 55.6 cm³/mol. The molecule has 0 rings (SSSR count). The molecule has 0 aliphatic rings. The highest BCUT2D eigenvalue weighted by Gasteiger charge is 2.05. The average Bonchev–Trinajstić information content (AvgIpc) is 2.11. The third-order valence-electron chi connectivity index (χ3n) is 1.57. The molecule has 0 atom stereocenters. The van der Waals surface area contributed by atoms with Gasteiger partial charge in [0.05, 0.1) is 11.6 Å². The molecular weight excluding hydrogens is 179 g/mol. The van der Waals surface area contributed by atoms with Crippen molar-refractivity contribution in [3.8, 4) is 6.07 Å². The summed E-state index contributed by atoms with van der Waals surface area (Å²) in [6.07, 6.45) is 1.17. The summed E-state index contributed by atoms with van der Waals surface area (Å²) in [5.74, 6) is -0.570. The van der Waals surface area contributed by atoms with E-state index < -0.39 is 5.83 Å². The lowest BCUT2D eigenvalue weighted by Gasteiger charge is -2.03. The first-order valence-corrected chi connectivity index (χ1v) is 3.99. The summed E-state index contributed by atoms with van der Waals surface area (Å²) in [4.78, 5) is 0. The van der Waals surface area contributed by atoms with Crippen LogP contribution in [0.1, 0.15) is 13.8 Å². The Morgan fingerprint density at radius 2 is 1.93 bits per heavy atom. The van der Waals surface area contributed by atoms with Crippen molar-refractivity contribution < 1.29 is 4.39 Å². The number of hydrogen-bond acceptors (Lipinski definition) is 2. The van der Waals surface area contributed by atoms with Gasteiger partial charge in [0.25, 0.3) is 0 Å². The molecule has 0 amide bonds. The lowest BCUT2D eigenvalue weighted by molar-refractivity contribution is 0.651. The standard InChI is InChI=1S/C11H13FN2/c1-7(2)10(8(3)6-13)5-11(12)9(4)14/h5H,1,3,14H2,2,4H3/b10-5-,11-9+. The maximum atomic E-state index is 13.1. The van der Waals surface area contributed by atoms with E-state index in [1.807, 2.05) is 6.07 Å². The molecular formula is C11H13FN2. The quantitative estimate of drug-likeness (QED) is 0.552. The summed E-state index contributed by atoms with van der Waals surface area (Å²) < 4.78 is 13.1. The summed E-state index contributed by atoms with van der Waals surface area (Å²) in [6, 6.07) is 1.84. The second-order valence-electron chi connectivity index (χ2n) is 2.96. The molecule has 0 aromatic heterocycles. The molecule has 0 aliphatic carbocycles. The Hall–Kier alpha value is -1.82. The molecule has 0 aliphatic heterocycles. The smallest absolute Gasteiger partial charge is 0.142 e. The highest BCUT2D eigenvalue weighted by Crippen LogP contribution is 2.19. The van der Waals surface area contributed by atoms with Gasteiger partial charge in [-0.3, -0.25) is 0 Å². The van der Waals surface area contributed by atoms with Crippen LogP contribution in [0.3, 0.4) is 0 Å². The topological polar surface area (TPSA) is 49.8 Å². The van der Waals surface area contributed by atoms with Gasteiger partial charge in [0.1, 0.15) is 5.83 Å². The minimum atomic E-state index is -0.570. The normalized spacial score (nSPS) is 12.9. The van der Waals surface area contributed by atoms with Gasteiger partial charge in [-0.05, 0) is 31.1 Å². The van der Waals surface area contributed by atoms with E-state index >= 15 is 0 Å². The fourth-order valence-electron chi connectivity index (χ4n) is 0.769. The van der Waals surface area contributed by atoms with E-state index in [0.717, 1.165) is 0 Å². The lowest BCUT2D eigenvalue weighted by Crippen LogP contribution is -1.95. The maximum absolute atomic E-state index is 13.1. The zero-order chi connectivity index (χ0) is 11.3. The molecule has 0 aromatic carbocycles. The first kappa shape index (κ1) is 12.2. The van der Waals surface area contributed by atoms with Crippen molar-refractivity contribution in [1.29, 1.82) is 5.26 Å². The van der Waals surface area contributed by atoms with Crippen LogP contribution in [0.15, 0.2) is 47.5 Å². The summed E-state index contributed by atoms with van der Waals surface area (Å²) in [5.41, 5.74) is 6.44. The van der Waals surface area contributed by atoms with E-state index in [9.17, 15) is 4.39 Å². The monoisotopic (exact) mass is 192 g/mol. The van der Waals surface area contributed by atoms with Crippen LogP contribution in [0.5, 0.6) is 0 Å². The van der Waals surface area contributed by atoms with Crippen LogP contribution >= 0.6 is 0 Å². The lowest BCUT2D eigenvalue weighted by atomic mass is 10.0. The first-order valence-electron chi connectivity index (χ1n) is 3.99. The molecule has 2 nitrogen and oxygen atoms in total. The van der Waals surface area contributed by atoms with Crippen LogP contribution < -0.4 is 5.73 Å². The predicted octanol–water partition coefficient (Wildman–Crippen LogP) is 2.73. The maximum Gasteiger partial charge on any atom is 0.142 e. The minimum Gasteiger partial charge on any atom is -0.400 e. The Labute approximate surface area is 83.5 Å². The van der Waals surface area contributed by atoms with Crippen LogP contribution in [0.2, 0.25) is 0 Å². The van der Waals surface area contributed by atoms with Crippen LogP contribution in [-0.4, -0.2) is 0 Å². The van der Waals surface area contributed by atoms with Crippen molar-refractivity contribution in [2.75, 3.05) is 0 Å². The van der Waals surface area contributed by atoms with Gasteiger partial charge >= 0.3 is 0 Å². The van der Waals surface area contributed by atoms with Gasteiger partial charge in [-0.2, -0.15) is 5.26 Å². The highest BCUT2D eigenvalue weighted by atomic mass is 19.1. The Kier molecular flexibility index (Phi) is 4.37. The van der Waals surface area contributed by atoms with Crippen molar-refractivity contribution >= 4 is 0 Å². The van der Waals surface area contributed by atoms with Gasteiger partial charge < -0.3 is 5.73 Å². The Morgan fingerprint density at radius 3 is 2.21 bits per heavy atom. The number of halogens is 1. The molecule has 3 heteroatoms. The Morgan fingerprint density at radius 1 is 1.43 bits per heavy atom. The SMILES string of the molecule is C=C(C)/C(=C/C(F)=C(/C)N)C(=C)C#N. The third-order valence-corrected chi connectivity index (χ3v) is 1.57. The van der Waals surface area contributed by atoms with Gasteiger partial charge in [-0.25, -0.2) is 4.39 Å². The molecule has 0 bridgehead atoms. The van der Waals surface area contributed by atoms with E-state index in [0.29, 0.717) is 11.1 Å². The zero-order valence-electron chi connectivity index (χ0n) is 8.39. The zero-order valence-corrected chi connectivity index (χ0v) is 8.39. The van der Waals surface area contributed by atoms with Crippen LogP contribution in [0, 0.1) is 11.3 Å². The molecule has 0 heterocycles. The number of hydrogen-bond donors (Lipinski definition) is 1. The van der Waals surface area contributed by atoms with Crippen molar-refractivity contribution in [2.45, 2.75) is 13.8 Å². The van der Waals surface area contributed by atoms with Gasteiger partial charge in [-0.15, -0.1) is 0 Å². The molecule has 0 saturated carbocycles. The van der Waals surface area contributed by atoms with Crippen LogP contribution in [0.25, 0.3) is 0 Å². The molecule has 0 spiro atoms. The van der Waals surface area contributed by atoms with E-state index in [4.69, 9.17) is 11.0 Å². The first-order chi connectivity index (χ1) is 6.40. The number of nitriles is 1. The molecule has 0 saturated heterocycles. The Balaban J connectivity index is 5.27. The number of rotatable bonds is 3. The van der Waals surface area contributed by atoms with Crippen molar-refractivity contribution in [3.63, 3.8) is 0 Å². The molecule has 2 N–H and O–H groups in total. The second kappa shape index (κ2) is 5.03. The fourth-order valence-corrected chi connectivity index (χ4v) is 0.769. The van der Waals surface area contributed by atoms with Crippen LogP contribution in [-0.2, 0) is 0 Å². The van der Waals surface area contributed by atoms with Gasteiger partial charge in [-0.1, -0.05) is 13.2 Å². The summed E-state index contributed by atoms with van der Waals surface area (Å²) in [5, 5.41) is 8.60. The molecule has 0 radical (unpaired) electrons. The Bertz CT molecular complexity index is 363. The summed E-state index contributed by atoms with van der Waals surface area (Å²) in [7, 11) is 0. The van der Waals surface area contributed by atoms with Crippen molar-refractivity contribution in [2.24, 2.45) is 5.73 Å². The molecule has 0 unspecified atom stereocenters. The summed E-state index contributed by atoms with van der Waals surface area (Å²) in [6.45, 7) is 10.2. The van der Waals surface area contributed by atoms with Crippen molar-refractivity contribution in [3.05, 3.63) is 47.5 Å². The largest absolute Gasteiger partial charge is 0.400 e. The van der Waals surface area contributed by atoms with Gasteiger partial charge in [0, 0.05) is 5.70 Å². The average molecular weight is 192 g/mol. The number of allylic oxidation sites excluding steroid dienone is 6. The highest BCUT2D eigenvalue weighted by molar-refractivity contribution is 5.52. The number of nitrogens with two attached hydrogens (primary N) is 1. The van der Waals surface area contributed by atoms with Crippen molar-refractivity contribution in [1.82, 2.24) is 0 Å². The molecule has 14 heavy (non-hydrogen) atoms. The van der Waals surface area contributed by atoms with E-state index in [1.165, 1.54) is 13.0 Å². The van der Waals surface area contributed by atoms with Gasteiger partial charge in [0.15, 0.2) is 0 Å². The van der Waals surface area contributed by atoms with Crippen LogP contribution in [0.4, 0.5) is 4.39 Å². The second-order valence-corrected chi connectivity index (χ2v) is 2.96. The molecule has 0 aromatic rings. The van der Waals surface area contributed by atoms with E-state index in [2.05, 4.69) is 13.2 Å². The number of nitrogens with zero attached hydrogens (tertiary/aromatic N) is 1. The molecule has 74 valence electrons. The minimum absolute atomic E-state index is 0.0643.